The lowest BCUT2D eigenvalue weighted by Gasteiger charge is -2.30. The van der Waals surface area contributed by atoms with Crippen LogP contribution in [-0.4, -0.2) is 64.7 Å². The van der Waals surface area contributed by atoms with Gasteiger partial charge in [0, 0.05) is 44.2 Å². The smallest absolute Gasteiger partial charge is 0.324 e. The van der Waals surface area contributed by atoms with Crippen LogP contribution in [0.4, 0.5) is 6.01 Å². The number of carbonyl (C=O) groups excluding carboxylic acids is 1. The van der Waals surface area contributed by atoms with E-state index in [0.717, 1.165) is 59.8 Å². The Morgan fingerprint density at radius 1 is 1.11 bits per heavy atom. The van der Waals surface area contributed by atoms with Gasteiger partial charge in [-0.15, -0.1) is 0 Å². The van der Waals surface area contributed by atoms with Crippen LogP contribution in [0.5, 0.6) is 5.19 Å². The highest BCUT2D eigenvalue weighted by Crippen LogP contribution is 2.30. The molecule has 1 aromatic carbocycles. The summed E-state index contributed by atoms with van der Waals surface area (Å²) in [6.07, 6.45) is 3.14. The maximum atomic E-state index is 12.1. The normalized spacial score (nSPS) is 14.5. The molecule has 0 unspecified atom stereocenters. The van der Waals surface area contributed by atoms with Gasteiger partial charge in [-0.1, -0.05) is 42.5 Å². The van der Waals surface area contributed by atoms with Crippen LogP contribution in [0.3, 0.4) is 0 Å². The fourth-order valence-electron chi connectivity index (χ4n) is 4.38. The lowest BCUT2D eigenvalue weighted by molar-refractivity contribution is 0.0827. The monoisotopic (exact) mass is 520 g/mol. The molecule has 0 spiro atoms. The number of aromatic nitrogens is 4. The van der Waals surface area contributed by atoms with Crippen LogP contribution in [0.25, 0.3) is 21.6 Å². The lowest BCUT2D eigenvalue weighted by Crippen LogP contribution is -2.34. The quantitative estimate of drug-likeness (QED) is 0.311. The van der Waals surface area contributed by atoms with E-state index in [1.165, 1.54) is 11.3 Å². The molecule has 4 aromatic rings. The fraction of sp³-hybridized carbons (Fsp3) is 0.444. The molecule has 1 amide bonds. The van der Waals surface area contributed by atoms with Crippen LogP contribution in [0.1, 0.15) is 55.2 Å². The van der Waals surface area contributed by atoms with Crippen LogP contribution < -0.4 is 9.64 Å². The summed E-state index contributed by atoms with van der Waals surface area (Å²) in [4.78, 5) is 30.6. The summed E-state index contributed by atoms with van der Waals surface area (Å²) in [6, 6.07) is 12.1. The van der Waals surface area contributed by atoms with Crippen molar-refractivity contribution < 1.29 is 14.1 Å². The van der Waals surface area contributed by atoms with E-state index in [-0.39, 0.29) is 11.8 Å². The molecule has 0 bridgehead atoms. The van der Waals surface area contributed by atoms with Crippen molar-refractivity contribution in [2.45, 2.75) is 39.0 Å². The van der Waals surface area contributed by atoms with Crippen molar-refractivity contribution in [3.8, 4) is 16.5 Å². The Balaban J connectivity index is 1.13. The zero-order valence-corrected chi connectivity index (χ0v) is 22.5. The van der Waals surface area contributed by atoms with Crippen molar-refractivity contribution in [1.82, 2.24) is 25.0 Å². The van der Waals surface area contributed by atoms with Gasteiger partial charge >= 0.3 is 6.01 Å². The van der Waals surface area contributed by atoms with E-state index in [2.05, 4.69) is 33.9 Å². The van der Waals surface area contributed by atoms with Gasteiger partial charge in [-0.25, -0.2) is 9.97 Å². The molecule has 1 saturated heterocycles. The van der Waals surface area contributed by atoms with E-state index < -0.39 is 0 Å². The molecule has 3 aromatic heterocycles. The molecule has 0 atom stereocenters. The lowest BCUT2D eigenvalue weighted by atomic mass is 9.94. The minimum absolute atomic E-state index is 0.0168. The van der Waals surface area contributed by atoms with Gasteiger partial charge < -0.3 is 19.1 Å². The van der Waals surface area contributed by atoms with Gasteiger partial charge in [-0.3, -0.25) is 4.79 Å². The van der Waals surface area contributed by atoms with Gasteiger partial charge in [0.25, 0.3) is 11.1 Å². The van der Waals surface area contributed by atoms with E-state index in [1.807, 2.05) is 36.4 Å². The average Bonchev–Trinajstić information content (AvgIpc) is 3.56. The first kappa shape index (κ1) is 25.1. The zero-order valence-electron chi connectivity index (χ0n) is 21.7. The van der Waals surface area contributed by atoms with Gasteiger partial charge in [-0.2, -0.15) is 4.98 Å². The number of carbonyl (C=O) groups is 1. The molecule has 0 radical (unpaired) electrons. The predicted molar refractivity (Wildman–Crippen MR) is 144 cm³/mol. The molecule has 0 saturated carbocycles. The molecule has 194 valence electrons. The number of pyridine rings is 1. The summed E-state index contributed by atoms with van der Waals surface area (Å²) in [5.41, 5.74) is 3.29. The highest BCUT2D eigenvalue weighted by atomic mass is 32.1. The van der Waals surface area contributed by atoms with Crippen molar-refractivity contribution in [2.24, 2.45) is 5.92 Å². The van der Waals surface area contributed by atoms with Gasteiger partial charge in [0.2, 0.25) is 0 Å². The highest BCUT2D eigenvalue weighted by Gasteiger charge is 2.23. The molecule has 4 heterocycles. The Morgan fingerprint density at radius 3 is 2.54 bits per heavy atom. The average molecular weight is 521 g/mol. The number of hydrogen-bond acceptors (Lipinski definition) is 9. The predicted octanol–water partition coefficient (Wildman–Crippen LogP) is 5.25. The summed E-state index contributed by atoms with van der Waals surface area (Å²) in [5, 5.41) is 4.73. The first-order valence-corrected chi connectivity index (χ1v) is 13.5. The zero-order chi connectivity index (χ0) is 25.9. The number of thiazole rings is 1. The number of hydrogen-bond donors (Lipinski definition) is 0. The molecule has 37 heavy (non-hydrogen) atoms. The number of ether oxygens (including phenoxy) is 1. The van der Waals surface area contributed by atoms with Crippen molar-refractivity contribution in [3.05, 3.63) is 47.8 Å². The maximum absolute atomic E-state index is 12.1. The molecule has 0 N–H and O–H groups in total. The van der Waals surface area contributed by atoms with Crippen molar-refractivity contribution in [2.75, 3.05) is 38.7 Å². The second-order valence-electron chi connectivity index (χ2n) is 9.93. The second-order valence-corrected chi connectivity index (χ2v) is 10.9. The summed E-state index contributed by atoms with van der Waals surface area (Å²) in [5.74, 6) is 1.61. The van der Waals surface area contributed by atoms with Crippen LogP contribution >= 0.6 is 11.3 Å². The van der Waals surface area contributed by atoms with Gasteiger partial charge in [0.1, 0.15) is 10.3 Å². The fourth-order valence-corrected chi connectivity index (χ4v) is 5.19. The Labute approximate surface area is 220 Å². The first-order chi connectivity index (χ1) is 17.9. The van der Waals surface area contributed by atoms with Gasteiger partial charge in [0.15, 0.2) is 5.82 Å². The SMILES string of the molecule is CC(C)c1noc(N2CCC(CCOc3nc4ccc(-c5ccc(C(=O)N(C)C)cc5)nc4s3)CC2)n1. The minimum Gasteiger partial charge on any atom is -0.470 e. The van der Waals surface area contributed by atoms with Crippen LogP contribution in [0.2, 0.25) is 0 Å². The summed E-state index contributed by atoms with van der Waals surface area (Å²) >= 11 is 1.47. The largest absolute Gasteiger partial charge is 0.470 e. The van der Waals surface area contributed by atoms with Gasteiger partial charge in [-0.05, 0) is 49.4 Å². The molecule has 5 rings (SSSR count). The van der Waals surface area contributed by atoms with E-state index in [1.54, 1.807) is 19.0 Å². The van der Waals surface area contributed by atoms with Crippen molar-refractivity contribution in [3.63, 3.8) is 0 Å². The van der Waals surface area contributed by atoms with Crippen LogP contribution in [-0.2, 0) is 0 Å². The molecule has 1 aliphatic heterocycles. The Kier molecular flexibility index (Phi) is 7.36. The van der Waals surface area contributed by atoms with Crippen molar-refractivity contribution >= 4 is 33.6 Å². The van der Waals surface area contributed by atoms with E-state index >= 15 is 0 Å². The Morgan fingerprint density at radius 2 is 1.86 bits per heavy atom. The number of amides is 1. The molecular weight excluding hydrogens is 488 g/mol. The molecular formula is C27H32N6O3S. The molecule has 1 fully saturated rings. The van der Waals surface area contributed by atoms with Crippen molar-refractivity contribution in [1.29, 1.82) is 0 Å². The summed E-state index contributed by atoms with van der Waals surface area (Å²) in [7, 11) is 3.50. The third-order valence-corrected chi connectivity index (χ3v) is 7.53. The van der Waals surface area contributed by atoms with Crippen LogP contribution in [0, 0.1) is 5.92 Å². The topological polar surface area (TPSA) is 97.5 Å². The van der Waals surface area contributed by atoms with E-state index in [4.69, 9.17) is 14.2 Å². The third kappa shape index (κ3) is 5.74. The number of nitrogens with zero attached hydrogens (tertiary/aromatic N) is 6. The molecule has 1 aliphatic rings. The number of rotatable bonds is 8. The second kappa shape index (κ2) is 10.8. The number of fused-ring (bicyclic) bond motifs is 1. The maximum Gasteiger partial charge on any atom is 0.324 e. The number of piperidine rings is 1. The number of anilines is 1. The summed E-state index contributed by atoms with van der Waals surface area (Å²) in [6.45, 7) is 6.61. The Hall–Kier alpha value is -3.53. The molecule has 9 nitrogen and oxygen atoms in total. The van der Waals surface area contributed by atoms with Crippen LogP contribution in [0.15, 0.2) is 40.9 Å². The summed E-state index contributed by atoms with van der Waals surface area (Å²) < 4.78 is 11.5. The standard InChI is InChI=1S/C27H32N6O3S/c1-17(2)23-30-26(36-31-23)33-14-11-18(12-15-33)13-16-35-27-29-22-10-9-21(28-24(22)37-27)19-5-7-20(8-6-19)25(34)32(3)4/h5-10,17-18H,11-16H2,1-4H3. The number of benzene rings is 1. The molecule has 10 heteroatoms. The third-order valence-electron chi connectivity index (χ3n) is 6.65. The van der Waals surface area contributed by atoms with E-state index in [0.29, 0.717) is 29.3 Å². The highest BCUT2D eigenvalue weighted by molar-refractivity contribution is 7.19. The van der Waals surface area contributed by atoms with Gasteiger partial charge in [0.05, 0.1) is 12.3 Å². The Bertz CT molecular complexity index is 1360. The first-order valence-electron chi connectivity index (χ1n) is 12.7. The minimum atomic E-state index is -0.0168. The molecule has 0 aliphatic carbocycles. The van der Waals surface area contributed by atoms with E-state index in [9.17, 15) is 4.79 Å².